The molecule has 0 spiro atoms. The Morgan fingerprint density at radius 1 is 1.21 bits per heavy atom. The number of ketones is 1. The van der Waals surface area contributed by atoms with Crippen LogP contribution in [0.15, 0.2) is 47.1 Å². The van der Waals surface area contributed by atoms with Crippen LogP contribution in [0.2, 0.25) is 0 Å². The predicted molar refractivity (Wildman–Crippen MR) is 85.9 cm³/mol. The van der Waals surface area contributed by atoms with Crippen molar-refractivity contribution in [1.82, 2.24) is 0 Å². The van der Waals surface area contributed by atoms with Gasteiger partial charge in [0.05, 0.1) is 20.1 Å². The third-order valence-electron chi connectivity index (χ3n) is 4.34. The molecule has 1 aliphatic carbocycles. The van der Waals surface area contributed by atoms with Gasteiger partial charge in [-0.1, -0.05) is 12.1 Å². The third kappa shape index (κ3) is 2.64. The van der Waals surface area contributed by atoms with Gasteiger partial charge in [-0.2, -0.15) is 0 Å². The first-order chi connectivity index (χ1) is 11.6. The van der Waals surface area contributed by atoms with Crippen LogP contribution in [-0.4, -0.2) is 26.0 Å². The fraction of sp³-hybridized carbons (Fsp3) is 0.333. The number of esters is 1. The van der Waals surface area contributed by atoms with Crippen LogP contribution >= 0.6 is 0 Å². The summed E-state index contributed by atoms with van der Waals surface area (Å²) in [5.74, 6) is 0.0315. The summed E-state index contributed by atoms with van der Waals surface area (Å²) in [4.78, 5) is 24.8. The van der Waals surface area contributed by atoms with E-state index in [9.17, 15) is 9.59 Å². The number of carbonyl (C=O) groups is 2. The van der Waals surface area contributed by atoms with Gasteiger partial charge in [0.25, 0.3) is 0 Å². The van der Waals surface area contributed by atoms with Crippen LogP contribution in [0.4, 0.5) is 0 Å². The minimum absolute atomic E-state index is 0.00359. The van der Waals surface area contributed by atoms with Gasteiger partial charge in [-0.3, -0.25) is 4.79 Å². The highest BCUT2D eigenvalue weighted by Gasteiger charge is 2.40. The lowest BCUT2D eigenvalue weighted by Crippen LogP contribution is -2.31. The van der Waals surface area contributed by atoms with E-state index in [0.717, 1.165) is 5.56 Å². The number of nitrogens with two attached hydrogens (primary N) is 1. The molecule has 6 nitrogen and oxygen atoms in total. The number of hydrogen-bond donors (Lipinski definition) is 1. The molecule has 0 saturated carbocycles. The highest BCUT2D eigenvalue weighted by atomic mass is 16.5. The minimum Gasteiger partial charge on any atom is -0.497 e. The summed E-state index contributed by atoms with van der Waals surface area (Å²) in [5.41, 5.74) is 7.41. The number of methoxy groups -OCH3 is 2. The fourth-order valence-corrected chi connectivity index (χ4v) is 3.19. The molecule has 2 N–H and O–H groups in total. The summed E-state index contributed by atoms with van der Waals surface area (Å²) in [6.07, 6.45) is 1.78. The molecule has 1 aliphatic heterocycles. The number of carbonyl (C=O) groups excluding carboxylic acids is 2. The van der Waals surface area contributed by atoms with Gasteiger partial charge in [-0.05, 0) is 24.1 Å². The molecule has 126 valence electrons. The number of allylic oxidation sites excluding steroid dienone is 2. The zero-order chi connectivity index (χ0) is 17.3. The van der Waals surface area contributed by atoms with Gasteiger partial charge in [0.2, 0.25) is 5.88 Å². The number of ether oxygens (including phenoxy) is 3. The number of hydrogen-bond acceptors (Lipinski definition) is 6. The standard InChI is InChI=1S/C18H19NO5/c1-22-11-8-6-10(7-9-11)14-15-12(20)4-3-5-13(15)24-17(19)16(14)18(21)23-2/h6-9,14H,3-5,19H2,1-2H3/t14-/m0/s1. The molecule has 0 bridgehead atoms. The normalized spacial score (nSPS) is 20.4. The Bertz CT molecular complexity index is 745. The van der Waals surface area contributed by atoms with Crippen LogP contribution in [0.3, 0.4) is 0 Å². The molecular weight excluding hydrogens is 310 g/mol. The second-order valence-electron chi connectivity index (χ2n) is 5.69. The first-order valence-corrected chi connectivity index (χ1v) is 7.72. The highest BCUT2D eigenvalue weighted by Crippen LogP contribution is 2.44. The van der Waals surface area contributed by atoms with Crippen LogP contribution in [0.1, 0.15) is 30.7 Å². The molecule has 0 fully saturated rings. The SMILES string of the molecule is COC(=O)C1=C(N)OC2=C(C(=O)CCC2)[C@@H]1c1ccc(OC)cc1. The van der Waals surface area contributed by atoms with Gasteiger partial charge >= 0.3 is 5.97 Å². The van der Waals surface area contributed by atoms with E-state index in [1.807, 2.05) is 12.1 Å². The topological polar surface area (TPSA) is 87.9 Å². The van der Waals surface area contributed by atoms with Crippen LogP contribution in [0.5, 0.6) is 5.75 Å². The molecule has 0 radical (unpaired) electrons. The van der Waals surface area contributed by atoms with E-state index in [-0.39, 0.29) is 17.2 Å². The van der Waals surface area contributed by atoms with Gasteiger partial charge in [-0.25, -0.2) is 4.79 Å². The molecule has 3 rings (SSSR count). The Morgan fingerprint density at radius 3 is 2.54 bits per heavy atom. The number of rotatable bonds is 3. The van der Waals surface area contributed by atoms with Crippen molar-refractivity contribution in [2.24, 2.45) is 5.73 Å². The molecule has 1 heterocycles. The van der Waals surface area contributed by atoms with Gasteiger partial charge in [0, 0.05) is 18.4 Å². The van der Waals surface area contributed by atoms with E-state index in [0.29, 0.717) is 36.3 Å². The second kappa shape index (κ2) is 6.39. The van der Waals surface area contributed by atoms with Crippen LogP contribution < -0.4 is 10.5 Å². The molecule has 24 heavy (non-hydrogen) atoms. The fourth-order valence-electron chi connectivity index (χ4n) is 3.19. The van der Waals surface area contributed by atoms with E-state index >= 15 is 0 Å². The summed E-state index contributed by atoms with van der Waals surface area (Å²) in [5, 5.41) is 0. The van der Waals surface area contributed by atoms with Crippen molar-refractivity contribution < 1.29 is 23.8 Å². The number of benzene rings is 1. The molecule has 1 aromatic carbocycles. The maximum absolute atomic E-state index is 12.5. The second-order valence-corrected chi connectivity index (χ2v) is 5.69. The molecule has 1 aromatic rings. The molecule has 0 aromatic heterocycles. The van der Waals surface area contributed by atoms with E-state index in [1.54, 1.807) is 19.2 Å². The smallest absolute Gasteiger partial charge is 0.340 e. The average molecular weight is 329 g/mol. The Balaban J connectivity index is 2.15. The molecule has 0 amide bonds. The summed E-state index contributed by atoms with van der Waals surface area (Å²) < 4.78 is 15.6. The first kappa shape index (κ1) is 16.1. The van der Waals surface area contributed by atoms with Gasteiger partial charge in [0.1, 0.15) is 17.1 Å². The molecule has 1 atom stereocenters. The van der Waals surface area contributed by atoms with Crippen molar-refractivity contribution in [2.45, 2.75) is 25.2 Å². The zero-order valence-electron chi connectivity index (χ0n) is 13.6. The summed E-state index contributed by atoms with van der Waals surface area (Å²) in [6, 6.07) is 7.20. The maximum Gasteiger partial charge on any atom is 0.340 e. The summed E-state index contributed by atoms with van der Waals surface area (Å²) >= 11 is 0. The van der Waals surface area contributed by atoms with E-state index < -0.39 is 11.9 Å². The van der Waals surface area contributed by atoms with Crippen molar-refractivity contribution in [3.63, 3.8) is 0 Å². The summed E-state index contributed by atoms with van der Waals surface area (Å²) in [7, 11) is 2.85. The predicted octanol–water partition coefficient (Wildman–Crippen LogP) is 2.16. The Hall–Kier alpha value is -2.76. The Labute approximate surface area is 139 Å². The van der Waals surface area contributed by atoms with Crippen molar-refractivity contribution >= 4 is 11.8 Å². The van der Waals surface area contributed by atoms with Crippen LogP contribution in [0, 0.1) is 0 Å². The van der Waals surface area contributed by atoms with Gasteiger partial charge in [-0.15, -0.1) is 0 Å². The van der Waals surface area contributed by atoms with E-state index in [1.165, 1.54) is 7.11 Å². The molecule has 0 unspecified atom stereocenters. The van der Waals surface area contributed by atoms with Crippen LogP contribution in [-0.2, 0) is 19.1 Å². The quantitative estimate of drug-likeness (QED) is 0.855. The third-order valence-corrected chi connectivity index (χ3v) is 4.34. The lowest BCUT2D eigenvalue weighted by atomic mass is 9.77. The van der Waals surface area contributed by atoms with Gasteiger partial charge in [0.15, 0.2) is 5.78 Å². The molecular formula is C18H19NO5. The molecule has 6 heteroatoms. The van der Waals surface area contributed by atoms with E-state index in [2.05, 4.69) is 0 Å². The first-order valence-electron chi connectivity index (χ1n) is 7.72. The van der Waals surface area contributed by atoms with Crippen molar-refractivity contribution in [3.05, 3.63) is 52.6 Å². The lowest BCUT2D eigenvalue weighted by Gasteiger charge is -2.32. The van der Waals surface area contributed by atoms with Crippen molar-refractivity contribution in [1.29, 1.82) is 0 Å². The highest BCUT2D eigenvalue weighted by molar-refractivity contribution is 6.03. The largest absolute Gasteiger partial charge is 0.497 e. The van der Waals surface area contributed by atoms with Crippen molar-refractivity contribution in [2.75, 3.05) is 14.2 Å². The average Bonchev–Trinajstić information content (AvgIpc) is 2.60. The lowest BCUT2D eigenvalue weighted by molar-refractivity contribution is -0.136. The van der Waals surface area contributed by atoms with Crippen LogP contribution in [0.25, 0.3) is 0 Å². The Kier molecular flexibility index (Phi) is 4.29. The molecule has 0 saturated heterocycles. The number of Topliss-reactive ketones (excluding diaryl/α,β-unsaturated/α-hetero) is 1. The zero-order valence-corrected chi connectivity index (χ0v) is 13.6. The Morgan fingerprint density at radius 2 is 1.92 bits per heavy atom. The molecule has 2 aliphatic rings. The van der Waals surface area contributed by atoms with E-state index in [4.69, 9.17) is 19.9 Å². The summed E-state index contributed by atoms with van der Waals surface area (Å²) in [6.45, 7) is 0. The van der Waals surface area contributed by atoms with Gasteiger partial charge < -0.3 is 19.9 Å². The maximum atomic E-state index is 12.5. The van der Waals surface area contributed by atoms with Crippen molar-refractivity contribution in [3.8, 4) is 5.75 Å². The monoisotopic (exact) mass is 329 g/mol. The minimum atomic E-state index is -0.599.